The van der Waals surface area contributed by atoms with Crippen LogP contribution in [-0.4, -0.2) is 41.6 Å². The van der Waals surface area contributed by atoms with E-state index in [1.807, 2.05) is 0 Å². The second kappa shape index (κ2) is 8.11. The smallest absolute Gasteiger partial charge is 0.325 e. The Bertz CT molecular complexity index is 635. The van der Waals surface area contributed by atoms with Gasteiger partial charge in [-0.15, -0.1) is 0 Å². The lowest BCUT2D eigenvalue weighted by atomic mass is 9.84. The fourth-order valence-corrected chi connectivity index (χ4v) is 2.94. The van der Waals surface area contributed by atoms with Crippen LogP contribution in [-0.2, 0) is 14.3 Å². The lowest BCUT2D eigenvalue weighted by molar-refractivity contribution is -0.141. The number of carboxylic acids is 1. The molecule has 0 aliphatic heterocycles. The number of aliphatic carboxylic acids is 1. The first kappa shape index (κ1) is 18.9. The second-order valence-corrected chi connectivity index (χ2v) is 6.32. The van der Waals surface area contributed by atoms with Gasteiger partial charge in [-0.1, -0.05) is 19.3 Å². The van der Waals surface area contributed by atoms with Crippen LogP contribution >= 0.6 is 0 Å². The lowest BCUT2D eigenvalue weighted by Crippen LogP contribution is -2.46. The van der Waals surface area contributed by atoms with Crippen molar-refractivity contribution in [3.8, 4) is 0 Å². The molecule has 0 saturated heterocycles. The summed E-state index contributed by atoms with van der Waals surface area (Å²) in [5.41, 5.74) is 0.102. The molecule has 1 aliphatic carbocycles. The van der Waals surface area contributed by atoms with Crippen LogP contribution in [0, 0.1) is 0 Å². The summed E-state index contributed by atoms with van der Waals surface area (Å²) in [5.74, 6) is -1.76. The van der Waals surface area contributed by atoms with Gasteiger partial charge in [0, 0.05) is 18.4 Å². The van der Waals surface area contributed by atoms with Crippen LogP contribution in [0.2, 0.25) is 0 Å². The van der Waals surface area contributed by atoms with Gasteiger partial charge in [0.1, 0.15) is 11.6 Å². The summed E-state index contributed by atoms with van der Waals surface area (Å²) in [5, 5.41) is 14.0. The molecule has 0 aromatic heterocycles. The fourth-order valence-electron chi connectivity index (χ4n) is 2.94. The van der Waals surface area contributed by atoms with Crippen LogP contribution < -0.4 is 10.6 Å². The average molecular weight is 348 g/mol. The SMILES string of the molecule is COC1(C(=O)Nc2ccc(C(=O)N[C@@H](C)C(=O)O)cc2)CCCCC1. The summed E-state index contributed by atoms with van der Waals surface area (Å²) >= 11 is 0. The zero-order chi connectivity index (χ0) is 18.4. The third-order valence-electron chi connectivity index (χ3n) is 4.59. The largest absolute Gasteiger partial charge is 0.480 e. The van der Waals surface area contributed by atoms with Gasteiger partial charge in [-0.25, -0.2) is 0 Å². The van der Waals surface area contributed by atoms with Crippen molar-refractivity contribution in [1.29, 1.82) is 0 Å². The molecule has 1 fully saturated rings. The fraction of sp³-hybridized carbons (Fsp3) is 0.500. The highest BCUT2D eigenvalue weighted by Gasteiger charge is 2.39. The highest BCUT2D eigenvalue weighted by Crippen LogP contribution is 2.32. The van der Waals surface area contributed by atoms with Crippen LogP contribution in [0.25, 0.3) is 0 Å². The Morgan fingerprint density at radius 2 is 1.72 bits per heavy atom. The summed E-state index contributed by atoms with van der Waals surface area (Å²) in [4.78, 5) is 35.3. The van der Waals surface area contributed by atoms with Crippen molar-refractivity contribution >= 4 is 23.5 Å². The number of carbonyl (C=O) groups is 3. The van der Waals surface area contributed by atoms with E-state index in [0.29, 0.717) is 24.1 Å². The molecule has 1 atom stereocenters. The molecule has 2 amide bonds. The first-order valence-corrected chi connectivity index (χ1v) is 8.38. The molecular weight excluding hydrogens is 324 g/mol. The molecule has 1 aromatic carbocycles. The van der Waals surface area contributed by atoms with Crippen molar-refractivity contribution < 1.29 is 24.2 Å². The normalized spacial score (nSPS) is 17.4. The van der Waals surface area contributed by atoms with Crippen LogP contribution in [0.3, 0.4) is 0 Å². The van der Waals surface area contributed by atoms with E-state index >= 15 is 0 Å². The molecule has 25 heavy (non-hydrogen) atoms. The van der Waals surface area contributed by atoms with Crippen LogP contribution in [0.5, 0.6) is 0 Å². The molecule has 0 radical (unpaired) electrons. The van der Waals surface area contributed by atoms with Gasteiger partial charge >= 0.3 is 5.97 Å². The number of rotatable bonds is 6. The van der Waals surface area contributed by atoms with Crippen molar-refractivity contribution in [3.63, 3.8) is 0 Å². The number of ether oxygens (including phenoxy) is 1. The third kappa shape index (κ3) is 4.57. The minimum absolute atomic E-state index is 0.175. The minimum Gasteiger partial charge on any atom is -0.480 e. The highest BCUT2D eigenvalue weighted by molar-refractivity contribution is 5.99. The monoisotopic (exact) mass is 348 g/mol. The molecule has 136 valence electrons. The summed E-state index contributed by atoms with van der Waals surface area (Å²) < 4.78 is 5.51. The van der Waals surface area contributed by atoms with E-state index < -0.39 is 23.5 Å². The predicted molar refractivity (Wildman–Crippen MR) is 92.5 cm³/mol. The summed E-state index contributed by atoms with van der Waals surface area (Å²) in [6.45, 7) is 1.39. The molecule has 2 rings (SSSR count). The Morgan fingerprint density at radius 1 is 1.12 bits per heavy atom. The number of nitrogens with one attached hydrogen (secondary N) is 2. The van der Waals surface area contributed by atoms with Crippen LogP contribution in [0.15, 0.2) is 24.3 Å². The van der Waals surface area contributed by atoms with E-state index in [1.165, 1.54) is 6.92 Å². The van der Waals surface area contributed by atoms with Gasteiger partial charge in [0.05, 0.1) is 0 Å². The van der Waals surface area contributed by atoms with Gasteiger partial charge in [-0.3, -0.25) is 14.4 Å². The molecule has 0 unspecified atom stereocenters. The van der Waals surface area contributed by atoms with Gasteiger partial charge in [-0.2, -0.15) is 0 Å². The van der Waals surface area contributed by atoms with Gasteiger partial charge in [0.15, 0.2) is 0 Å². The Hall–Kier alpha value is -2.41. The first-order chi connectivity index (χ1) is 11.9. The van der Waals surface area contributed by atoms with Gasteiger partial charge in [0.2, 0.25) is 0 Å². The lowest BCUT2D eigenvalue weighted by Gasteiger charge is -2.34. The molecular formula is C18H24N2O5. The van der Waals surface area contributed by atoms with Crippen molar-refractivity contribution in [2.75, 3.05) is 12.4 Å². The number of hydrogen-bond donors (Lipinski definition) is 3. The van der Waals surface area contributed by atoms with Gasteiger partial charge < -0.3 is 20.5 Å². The van der Waals surface area contributed by atoms with E-state index in [-0.39, 0.29) is 5.91 Å². The maximum Gasteiger partial charge on any atom is 0.325 e. The molecule has 0 heterocycles. The van der Waals surface area contributed by atoms with E-state index in [9.17, 15) is 14.4 Å². The molecule has 0 spiro atoms. The van der Waals surface area contributed by atoms with Crippen molar-refractivity contribution in [2.45, 2.75) is 50.7 Å². The standard InChI is InChI=1S/C18H24N2O5/c1-12(16(22)23)19-15(21)13-6-8-14(9-7-13)20-17(24)18(25-2)10-4-3-5-11-18/h6-9,12H,3-5,10-11H2,1-2H3,(H,19,21)(H,20,24)(H,22,23)/t12-/m0/s1. The topological polar surface area (TPSA) is 105 Å². The summed E-state index contributed by atoms with van der Waals surface area (Å²) in [7, 11) is 1.56. The first-order valence-electron chi connectivity index (χ1n) is 8.38. The molecule has 0 bridgehead atoms. The predicted octanol–water partition coefficient (Wildman–Crippen LogP) is 2.18. The Kier molecular flexibility index (Phi) is 6.14. The van der Waals surface area contributed by atoms with Gasteiger partial charge in [0.25, 0.3) is 11.8 Å². The maximum atomic E-state index is 12.6. The average Bonchev–Trinajstić information content (AvgIpc) is 2.62. The molecule has 1 saturated carbocycles. The number of carboxylic acid groups (broad SMARTS) is 1. The molecule has 7 heteroatoms. The van der Waals surface area contributed by atoms with Crippen LogP contribution in [0.4, 0.5) is 5.69 Å². The number of anilines is 1. The van der Waals surface area contributed by atoms with E-state index in [1.54, 1.807) is 31.4 Å². The Labute approximate surface area is 146 Å². The van der Waals surface area contributed by atoms with E-state index in [0.717, 1.165) is 19.3 Å². The van der Waals surface area contributed by atoms with Gasteiger partial charge in [-0.05, 0) is 44.0 Å². The maximum absolute atomic E-state index is 12.6. The summed E-state index contributed by atoms with van der Waals surface area (Å²) in [6.07, 6.45) is 4.42. The number of amides is 2. The quantitative estimate of drug-likeness (QED) is 0.731. The van der Waals surface area contributed by atoms with E-state index in [2.05, 4.69) is 10.6 Å². The molecule has 1 aliphatic rings. The number of hydrogen-bond acceptors (Lipinski definition) is 4. The zero-order valence-electron chi connectivity index (χ0n) is 14.5. The molecule has 1 aromatic rings. The van der Waals surface area contributed by atoms with Crippen molar-refractivity contribution in [3.05, 3.63) is 29.8 Å². The highest BCUT2D eigenvalue weighted by atomic mass is 16.5. The number of methoxy groups -OCH3 is 1. The Balaban J connectivity index is 2.01. The molecule has 7 nitrogen and oxygen atoms in total. The van der Waals surface area contributed by atoms with Crippen molar-refractivity contribution in [2.24, 2.45) is 0 Å². The minimum atomic E-state index is -1.10. The van der Waals surface area contributed by atoms with E-state index in [4.69, 9.17) is 9.84 Å². The number of carbonyl (C=O) groups excluding carboxylic acids is 2. The van der Waals surface area contributed by atoms with Crippen molar-refractivity contribution in [1.82, 2.24) is 5.32 Å². The summed E-state index contributed by atoms with van der Waals surface area (Å²) in [6, 6.07) is 5.34. The molecule has 3 N–H and O–H groups in total. The number of benzene rings is 1. The third-order valence-corrected chi connectivity index (χ3v) is 4.59. The second-order valence-electron chi connectivity index (χ2n) is 6.32. The Morgan fingerprint density at radius 3 is 2.24 bits per heavy atom. The van der Waals surface area contributed by atoms with Crippen LogP contribution in [0.1, 0.15) is 49.4 Å². The zero-order valence-corrected chi connectivity index (χ0v) is 14.5.